The molecule has 0 aliphatic carbocycles. The summed E-state index contributed by atoms with van der Waals surface area (Å²) in [6, 6.07) is 6.73. The van der Waals surface area contributed by atoms with E-state index in [1.54, 1.807) is 12.1 Å². The normalized spacial score (nSPS) is 9.00. The lowest BCUT2D eigenvalue weighted by atomic mass is 10.1. The lowest BCUT2D eigenvalue weighted by molar-refractivity contribution is 0.0600. The molecule has 0 aliphatic heterocycles. The van der Waals surface area contributed by atoms with Crippen LogP contribution >= 0.6 is 12.6 Å². The first-order chi connectivity index (χ1) is 6.20. The maximum absolute atomic E-state index is 11.1. The molecule has 1 rings (SSSR count). The van der Waals surface area contributed by atoms with E-state index in [4.69, 9.17) is 5.26 Å². The summed E-state index contributed by atoms with van der Waals surface area (Å²) in [6.45, 7) is 0. The van der Waals surface area contributed by atoms with Gasteiger partial charge < -0.3 is 4.74 Å². The average molecular weight is 193 g/mol. The second-order valence-electron chi connectivity index (χ2n) is 2.30. The molecule has 0 heterocycles. The van der Waals surface area contributed by atoms with E-state index < -0.39 is 5.97 Å². The van der Waals surface area contributed by atoms with Crippen molar-refractivity contribution >= 4 is 18.6 Å². The Labute approximate surface area is 81.3 Å². The third-order valence-corrected chi connectivity index (χ3v) is 1.93. The lowest BCUT2D eigenvalue weighted by Gasteiger charge is -2.02. The van der Waals surface area contributed by atoms with Crippen LogP contribution in [0.2, 0.25) is 0 Å². The summed E-state index contributed by atoms with van der Waals surface area (Å²) in [4.78, 5) is 11.6. The van der Waals surface area contributed by atoms with Gasteiger partial charge in [-0.15, -0.1) is 12.6 Å². The Bertz CT molecular complexity index is 382. The van der Waals surface area contributed by atoms with E-state index >= 15 is 0 Å². The van der Waals surface area contributed by atoms with E-state index in [9.17, 15) is 4.79 Å². The van der Waals surface area contributed by atoms with Gasteiger partial charge >= 0.3 is 5.97 Å². The van der Waals surface area contributed by atoms with Crippen molar-refractivity contribution in [1.29, 1.82) is 5.26 Å². The first kappa shape index (κ1) is 9.62. The van der Waals surface area contributed by atoms with Crippen LogP contribution < -0.4 is 0 Å². The van der Waals surface area contributed by atoms with E-state index in [0.29, 0.717) is 4.90 Å². The Hall–Kier alpha value is -1.47. The van der Waals surface area contributed by atoms with Crippen LogP contribution in [0.25, 0.3) is 0 Å². The van der Waals surface area contributed by atoms with E-state index in [0.717, 1.165) is 0 Å². The number of esters is 1. The molecular formula is C9H7NO2S. The molecule has 0 bridgehead atoms. The van der Waals surface area contributed by atoms with E-state index in [-0.39, 0.29) is 11.1 Å². The molecule has 0 atom stereocenters. The maximum Gasteiger partial charge on any atom is 0.339 e. The van der Waals surface area contributed by atoms with Crippen molar-refractivity contribution in [2.75, 3.05) is 7.11 Å². The molecule has 0 aliphatic rings. The van der Waals surface area contributed by atoms with Gasteiger partial charge in [0.2, 0.25) is 0 Å². The highest BCUT2D eigenvalue weighted by molar-refractivity contribution is 7.80. The number of methoxy groups -OCH3 is 1. The number of nitriles is 1. The number of carbonyl (C=O) groups is 1. The van der Waals surface area contributed by atoms with E-state index in [1.807, 2.05) is 6.07 Å². The molecule has 66 valence electrons. The number of hydrogen-bond acceptors (Lipinski definition) is 4. The van der Waals surface area contributed by atoms with Crippen LogP contribution in [-0.4, -0.2) is 13.1 Å². The van der Waals surface area contributed by atoms with Gasteiger partial charge in [-0.1, -0.05) is 6.07 Å². The topological polar surface area (TPSA) is 50.1 Å². The van der Waals surface area contributed by atoms with Crippen molar-refractivity contribution in [2.45, 2.75) is 4.90 Å². The van der Waals surface area contributed by atoms with Gasteiger partial charge in [0.05, 0.1) is 18.2 Å². The van der Waals surface area contributed by atoms with Crippen LogP contribution in [0.4, 0.5) is 0 Å². The summed E-state index contributed by atoms with van der Waals surface area (Å²) in [7, 11) is 1.27. The summed E-state index contributed by atoms with van der Waals surface area (Å²) in [6.07, 6.45) is 0. The zero-order valence-corrected chi connectivity index (χ0v) is 7.84. The Kier molecular flexibility index (Phi) is 2.93. The zero-order valence-electron chi connectivity index (χ0n) is 6.94. The number of nitrogens with zero attached hydrogens (tertiary/aromatic N) is 1. The van der Waals surface area contributed by atoms with Gasteiger partial charge in [-0.3, -0.25) is 0 Å². The number of carbonyl (C=O) groups excluding carboxylic acids is 1. The molecule has 0 fully saturated rings. The van der Waals surface area contributed by atoms with E-state index in [1.165, 1.54) is 13.2 Å². The van der Waals surface area contributed by atoms with Crippen LogP contribution in [0, 0.1) is 11.3 Å². The largest absolute Gasteiger partial charge is 0.465 e. The molecular weight excluding hydrogens is 186 g/mol. The molecule has 3 nitrogen and oxygen atoms in total. The molecule has 0 radical (unpaired) electrons. The number of rotatable bonds is 1. The van der Waals surface area contributed by atoms with Gasteiger partial charge in [0.1, 0.15) is 6.07 Å². The lowest BCUT2D eigenvalue weighted by Crippen LogP contribution is -2.04. The maximum atomic E-state index is 11.1. The van der Waals surface area contributed by atoms with Crippen molar-refractivity contribution in [3.05, 3.63) is 29.3 Å². The smallest absolute Gasteiger partial charge is 0.339 e. The van der Waals surface area contributed by atoms with Gasteiger partial charge in [-0.05, 0) is 12.1 Å². The second kappa shape index (κ2) is 3.97. The molecule has 13 heavy (non-hydrogen) atoms. The van der Waals surface area contributed by atoms with Crippen LogP contribution in [-0.2, 0) is 4.74 Å². The molecule has 4 heteroatoms. The molecule has 1 aromatic carbocycles. The monoisotopic (exact) mass is 193 g/mol. The molecule has 0 amide bonds. The van der Waals surface area contributed by atoms with Gasteiger partial charge in [-0.25, -0.2) is 4.79 Å². The zero-order chi connectivity index (χ0) is 9.84. The molecule has 0 aromatic heterocycles. The number of thiol groups is 1. The van der Waals surface area contributed by atoms with Crippen LogP contribution in [0.5, 0.6) is 0 Å². The highest BCUT2D eigenvalue weighted by Gasteiger charge is 2.12. The Balaban J connectivity index is 3.30. The fraction of sp³-hybridized carbons (Fsp3) is 0.111. The summed E-state index contributed by atoms with van der Waals surface area (Å²) in [5.74, 6) is -0.521. The molecule has 0 N–H and O–H groups in total. The number of ether oxygens (including phenoxy) is 1. The summed E-state index contributed by atoms with van der Waals surface area (Å²) >= 11 is 4.05. The number of hydrogen-bond donors (Lipinski definition) is 1. The Morgan fingerprint density at radius 3 is 2.85 bits per heavy atom. The van der Waals surface area contributed by atoms with Crippen molar-refractivity contribution in [1.82, 2.24) is 0 Å². The fourth-order valence-corrected chi connectivity index (χ4v) is 1.19. The quantitative estimate of drug-likeness (QED) is 0.544. The van der Waals surface area contributed by atoms with Gasteiger partial charge in [-0.2, -0.15) is 5.26 Å². The van der Waals surface area contributed by atoms with Gasteiger partial charge in [0, 0.05) is 4.90 Å². The Morgan fingerprint density at radius 2 is 2.31 bits per heavy atom. The van der Waals surface area contributed by atoms with Crippen LogP contribution in [0.1, 0.15) is 15.9 Å². The molecule has 0 saturated carbocycles. The van der Waals surface area contributed by atoms with Crippen LogP contribution in [0.3, 0.4) is 0 Å². The predicted molar refractivity (Wildman–Crippen MR) is 49.7 cm³/mol. The van der Waals surface area contributed by atoms with E-state index in [2.05, 4.69) is 17.4 Å². The molecule has 1 aromatic rings. The minimum atomic E-state index is -0.521. The van der Waals surface area contributed by atoms with Crippen LogP contribution in [0.15, 0.2) is 23.1 Å². The highest BCUT2D eigenvalue weighted by atomic mass is 32.1. The minimum Gasteiger partial charge on any atom is -0.465 e. The van der Waals surface area contributed by atoms with Crippen molar-refractivity contribution in [2.24, 2.45) is 0 Å². The third-order valence-electron chi connectivity index (χ3n) is 1.56. The summed E-state index contributed by atoms with van der Waals surface area (Å²) in [5.41, 5.74) is 0.496. The number of benzene rings is 1. The van der Waals surface area contributed by atoms with Gasteiger partial charge in [0.25, 0.3) is 0 Å². The first-order valence-electron chi connectivity index (χ1n) is 3.51. The van der Waals surface area contributed by atoms with Crippen molar-refractivity contribution in [3.8, 4) is 6.07 Å². The molecule has 0 unspecified atom stereocenters. The minimum absolute atomic E-state index is 0.248. The second-order valence-corrected chi connectivity index (χ2v) is 2.78. The SMILES string of the molecule is COC(=O)c1cccc(S)c1C#N. The van der Waals surface area contributed by atoms with Crippen molar-refractivity contribution < 1.29 is 9.53 Å². The predicted octanol–water partition coefficient (Wildman–Crippen LogP) is 1.63. The Morgan fingerprint density at radius 1 is 1.62 bits per heavy atom. The summed E-state index contributed by atoms with van der Waals surface area (Å²) < 4.78 is 4.51. The molecule has 0 saturated heterocycles. The summed E-state index contributed by atoms with van der Waals surface area (Å²) in [5, 5.41) is 8.74. The van der Waals surface area contributed by atoms with Gasteiger partial charge in [0.15, 0.2) is 0 Å². The highest BCUT2D eigenvalue weighted by Crippen LogP contribution is 2.17. The fourth-order valence-electron chi connectivity index (χ4n) is 0.938. The third kappa shape index (κ3) is 1.82. The van der Waals surface area contributed by atoms with Crippen molar-refractivity contribution in [3.63, 3.8) is 0 Å². The standard InChI is InChI=1S/C9H7NO2S/c1-12-9(11)6-3-2-4-8(13)7(6)5-10/h2-4,13H,1H3. The molecule has 0 spiro atoms. The first-order valence-corrected chi connectivity index (χ1v) is 3.95. The average Bonchev–Trinajstić information content (AvgIpc) is 2.16.